The van der Waals surface area contributed by atoms with Crippen molar-refractivity contribution in [3.8, 4) is 5.75 Å². The van der Waals surface area contributed by atoms with Gasteiger partial charge in [-0.25, -0.2) is 9.97 Å². The summed E-state index contributed by atoms with van der Waals surface area (Å²) in [6.07, 6.45) is 2.26. The van der Waals surface area contributed by atoms with Crippen LogP contribution < -0.4 is 10.1 Å². The molecule has 2 aromatic rings. The van der Waals surface area contributed by atoms with Crippen molar-refractivity contribution >= 4 is 17.4 Å². The molecule has 1 heterocycles. The number of nitrogens with one attached hydrogen (secondary N) is 1. The zero-order valence-electron chi connectivity index (χ0n) is 13.3. The van der Waals surface area contributed by atoms with Gasteiger partial charge in [-0.05, 0) is 24.0 Å². The number of anilines is 1. The van der Waals surface area contributed by atoms with Crippen LogP contribution in [0.1, 0.15) is 37.8 Å². The van der Waals surface area contributed by atoms with Crippen molar-refractivity contribution in [2.75, 3.05) is 18.5 Å². The minimum absolute atomic E-state index is 0.441. The van der Waals surface area contributed by atoms with Crippen molar-refractivity contribution in [2.24, 2.45) is 0 Å². The number of nitrogens with zero attached hydrogens (tertiary/aromatic N) is 2. The highest BCUT2D eigenvalue weighted by Crippen LogP contribution is 2.25. The fourth-order valence-corrected chi connectivity index (χ4v) is 2.54. The van der Waals surface area contributed by atoms with Crippen LogP contribution in [0.5, 0.6) is 5.75 Å². The predicted molar refractivity (Wildman–Crippen MR) is 90.9 cm³/mol. The lowest BCUT2D eigenvalue weighted by Crippen LogP contribution is -2.14. The second-order valence-electron chi connectivity index (χ2n) is 5.31. The Morgan fingerprint density at radius 3 is 2.73 bits per heavy atom. The first-order chi connectivity index (χ1) is 10.6. The maximum absolute atomic E-state index is 6.07. The monoisotopic (exact) mass is 319 g/mol. The number of ether oxygens (including phenoxy) is 1. The van der Waals surface area contributed by atoms with E-state index in [2.05, 4.69) is 35.2 Å². The first kappa shape index (κ1) is 16.6. The zero-order chi connectivity index (χ0) is 15.9. The molecule has 1 N–H and O–H groups in total. The van der Waals surface area contributed by atoms with Crippen molar-refractivity contribution < 1.29 is 4.74 Å². The van der Waals surface area contributed by atoms with E-state index in [4.69, 9.17) is 16.3 Å². The fourth-order valence-electron chi connectivity index (χ4n) is 2.28. The predicted octanol–water partition coefficient (Wildman–Crippen LogP) is 4.31. The van der Waals surface area contributed by atoms with Gasteiger partial charge in [-0.1, -0.05) is 50.6 Å². The summed E-state index contributed by atoms with van der Waals surface area (Å²) < 4.78 is 5.89. The highest BCUT2D eigenvalue weighted by Gasteiger charge is 2.08. The average Bonchev–Trinajstić information content (AvgIpc) is 2.52. The molecule has 4 nitrogen and oxygen atoms in total. The quantitative estimate of drug-likeness (QED) is 0.610. The minimum atomic E-state index is 0.441. The Kier molecular flexibility index (Phi) is 6.01. The molecule has 0 aliphatic heterocycles. The van der Waals surface area contributed by atoms with Crippen LogP contribution >= 0.6 is 11.6 Å². The fraction of sp³-hybridized carbons (Fsp3) is 0.412. The SMILES string of the molecule is CCc1c(Cl)ncnc1NCCOc1ccccc1C(C)C. The Morgan fingerprint density at radius 1 is 1.23 bits per heavy atom. The summed E-state index contributed by atoms with van der Waals surface area (Å²) in [6.45, 7) is 7.58. The van der Waals surface area contributed by atoms with E-state index in [1.165, 1.54) is 11.9 Å². The number of hydrogen-bond donors (Lipinski definition) is 1. The van der Waals surface area contributed by atoms with Crippen LogP contribution in [0.2, 0.25) is 5.15 Å². The van der Waals surface area contributed by atoms with Crippen molar-refractivity contribution in [1.82, 2.24) is 9.97 Å². The van der Waals surface area contributed by atoms with Gasteiger partial charge in [0, 0.05) is 5.56 Å². The third-order valence-electron chi connectivity index (χ3n) is 3.44. The summed E-state index contributed by atoms with van der Waals surface area (Å²) in [6, 6.07) is 8.14. The molecule has 22 heavy (non-hydrogen) atoms. The molecule has 1 aromatic carbocycles. The Bertz CT molecular complexity index is 617. The summed E-state index contributed by atoms with van der Waals surface area (Å²) in [4.78, 5) is 8.24. The first-order valence-corrected chi connectivity index (χ1v) is 7.96. The molecule has 0 radical (unpaired) electrons. The maximum Gasteiger partial charge on any atom is 0.137 e. The Balaban J connectivity index is 1.92. The van der Waals surface area contributed by atoms with Gasteiger partial charge in [0.05, 0.1) is 6.54 Å². The molecule has 5 heteroatoms. The van der Waals surface area contributed by atoms with Crippen molar-refractivity contribution in [3.05, 3.63) is 46.9 Å². The van der Waals surface area contributed by atoms with Crippen LogP contribution in [0.3, 0.4) is 0 Å². The van der Waals surface area contributed by atoms with E-state index in [0.717, 1.165) is 23.6 Å². The van der Waals surface area contributed by atoms with E-state index in [1.54, 1.807) is 0 Å². The molecule has 0 saturated carbocycles. The van der Waals surface area contributed by atoms with E-state index in [0.29, 0.717) is 24.2 Å². The highest BCUT2D eigenvalue weighted by atomic mass is 35.5. The second-order valence-corrected chi connectivity index (χ2v) is 5.67. The molecular formula is C17H22ClN3O. The zero-order valence-corrected chi connectivity index (χ0v) is 14.0. The van der Waals surface area contributed by atoms with E-state index >= 15 is 0 Å². The van der Waals surface area contributed by atoms with Crippen LogP contribution in [-0.4, -0.2) is 23.1 Å². The van der Waals surface area contributed by atoms with Crippen LogP contribution in [-0.2, 0) is 6.42 Å². The third-order valence-corrected chi connectivity index (χ3v) is 3.77. The normalized spacial score (nSPS) is 10.8. The minimum Gasteiger partial charge on any atom is -0.491 e. The maximum atomic E-state index is 6.07. The van der Waals surface area contributed by atoms with Crippen LogP contribution in [0.25, 0.3) is 0 Å². The molecule has 0 unspecified atom stereocenters. The summed E-state index contributed by atoms with van der Waals surface area (Å²) in [5.41, 5.74) is 2.16. The van der Waals surface area contributed by atoms with Gasteiger partial charge in [-0.15, -0.1) is 0 Å². The van der Waals surface area contributed by atoms with Crippen molar-refractivity contribution in [2.45, 2.75) is 33.1 Å². The Hall–Kier alpha value is -1.81. The van der Waals surface area contributed by atoms with Gasteiger partial charge < -0.3 is 10.1 Å². The smallest absolute Gasteiger partial charge is 0.137 e. The van der Waals surface area contributed by atoms with Gasteiger partial charge in [-0.2, -0.15) is 0 Å². The topological polar surface area (TPSA) is 47.0 Å². The van der Waals surface area contributed by atoms with E-state index in [1.807, 2.05) is 25.1 Å². The molecule has 2 rings (SSSR count). The Labute approximate surface area is 136 Å². The second kappa shape index (κ2) is 7.99. The first-order valence-electron chi connectivity index (χ1n) is 7.58. The van der Waals surface area contributed by atoms with Crippen LogP contribution in [0, 0.1) is 0 Å². The summed E-state index contributed by atoms with van der Waals surface area (Å²) >= 11 is 6.07. The molecule has 118 valence electrons. The lowest BCUT2D eigenvalue weighted by Gasteiger charge is -2.15. The van der Waals surface area contributed by atoms with Crippen LogP contribution in [0.15, 0.2) is 30.6 Å². The molecule has 1 aromatic heterocycles. The third kappa shape index (κ3) is 4.10. The van der Waals surface area contributed by atoms with Crippen molar-refractivity contribution in [3.63, 3.8) is 0 Å². The lowest BCUT2D eigenvalue weighted by molar-refractivity contribution is 0.328. The van der Waals surface area contributed by atoms with E-state index in [9.17, 15) is 0 Å². The van der Waals surface area contributed by atoms with Crippen LogP contribution in [0.4, 0.5) is 5.82 Å². The van der Waals surface area contributed by atoms with Gasteiger partial charge in [-0.3, -0.25) is 0 Å². The summed E-state index contributed by atoms with van der Waals surface area (Å²) in [5, 5.41) is 3.77. The molecule has 0 amide bonds. The molecule has 0 aliphatic rings. The van der Waals surface area contributed by atoms with Gasteiger partial charge >= 0.3 is 0 Å². The van der Waals surface area contributed by atoms with E-state index in [-0.39, 0.29) is 0 Å². The average molecular weight is 320 g/mol. The van der Waals surface area contributed by atoms with E-state index < -0.39 is 0 Å². The van der Waals surface area contributed by atoms with Gasteiger partial charge in [0.1, 0.15) is 29.7 Å². The molecule has 0 bridgehead atoms. The molecule has 0 spiro atoms. The number of benzene rings is 1. The standard InChI is InChI=1S/C17H22ClN3O/c1-4-13-16(18)20-11-21-17(13)19-9-10-22-15-8-6-5-7-14(15)12(2)3/h5-8,11-12H,4,9-10H2,1-3H3,(H,19,20,21). The number of hydrogen-bond acceptors (Lipinski definition) is 4. The van der Waals surface area contributed by atoms with Gasteiger partial charge in [0.15, 0.2) is 0 Å². The lowest BCUT2D eigenvalue weighted by atomic mass is 10.0. The van der Waals surface area contributed by atoms with Gasteiger partial charge in [0.2, 0.25) is 0 Å². The summed E-state index contributed by atoms with van der Waals surface area (Å²) in [5.74, 6) is 2.16. The molecule has 0 atom stereocenters. The molecule has 0 aliphatic carbocycles. The molecular weight excluding hydrogens is 298 g/mol. The number of para-hydroxylation sites is 1. The summed E-state index contributed by atoms with van der Waals surface area (Å²) in [7, 11) is 0. The largest absolute Gasteiger partial charge is 0.491 e. The highest BCUT2D eigenvalue weighted by molar-refractivity contribution is 6.30. The molecule has 0 fully saturated rings. The number of rotatable bonds is 7. The number of aromatic nitrogens is 2. The number of halogens is 1. The van der Waals surface area contributed by atoms with Gasteiger partial charge in [0.25, 0.3) is 0 Å². The Morgan fingerprint density at radius 2 is 2.00 bits per heavy atom. The molecule has 0 saturated heterocycles. The van der Waals surface area contributed by atoms with Crippen molar-refractivity contribution in [1.29, 1.82) is 0 Å².